The highest BCUT2D eigenvalue weighted by Gasteiger charge is 2.31. The van der Waals surface area contributed by atoms with Crippen LogP contribution in [0.15, 0.2) is 29.3 Å². The van der Waals surface area contributed by atoms with Crippen LogP contribution in [0.5, 0.6) is 5.75 Å². The zero-order chi connectivity index (χ0) is 21.9. The SMILES string of the molecule is CN=C(NCc1cccc(OCCCOC)c1)NC1CCN(C(=O)C2CCCCC2)C1. The molecule has 2 aliphatic rings. The van der Waals surface area contributed by atoms with Gasteiger partial charge < -0.3 is 25.0 Å². The van der Waals surface area contributed by atoms with Crippen molar-refractivity contribution in [3.8, 4) is 5.75 Å². The van der Waals surface area contributed by atoms with E-state index in [2.05, 4.69) is 21.7 Å². The Morgan fingerprint density at radius 2 is 2.03 bits per heavy atom. The highest BCUT2D eigenvalue weighted by Crippen LogP contribution is 2.26. The first-order valence-corrected chi connectivity index (χ1v) is 11.7. The largest absolute Gasteiger partial charge is 0.493 e. The van der Waals surface area contributed by atoms with E-state index in [1.54, 1.807) is 14.2 Å². The van der Waals surface area contributed by atoms with Crippen molar-refractivity contribution in [2.75, 3.05) is 40.5 Å². The lowest BCUT2D eigenvalue weighted by Gasteiger charge is -2.26. The van der Waals surface area contributed by atoms with Crippen LogP contribution in [0.1, 0.15) is 50.5 Å². The number of carbonyl (C=O) groups excluding carboxylic acids is 1. The standard InChI is InChI=1S/C24H38N4O3/c1-25-24(26-17-19-8-6-11-22(16-19)31-15-7-14-30-2)27-21-12-13-28(18-21)23(29)20-9-4-3-5-10-20/h6,8,11,16,20-21H,3-5,7,9-10,12-15,17-18H2,1-2H3,(H2,25,26,27). The van der Waals surface area contributed by atoms with Crippen molar-refractivity contribution in [2.45, 2.75) is 57.5 Å². The highest BCUT2D eigenvalue weighted by atomic mass is 16.5. The molecule has 0 radical (unpaired) electrons. The Hall–Kier alpha value is -2.28. The molecule has 31 heavy (non-hydrogen) atoms. The average Bonchev–Trinajstić information content (AvgIpc) is 3.28. The molecule has 7 heteroatoms. The van der Waals surface area contributed by atoms with Gasteiger partial charge in [0.15, 0.2) is 5.96 Å². The summed E-state index contributed by atoms with van der Waals surface area (Å²) in [6.45, 7) is 3.61. The molecule has 1 unspecified atom stereocenters. The second-order valence-electron chi connectivity index (χ2n) is 8.52. The number of benzene rings is 1. The van der Waals surface area contributed by atoms with E-state index in [0.717, 1.165) is 56.0 Å². The first-order valence-electron chi connectivity index (χ1n) is 11.7. The van der Waals surface area contributed by atoms with Gasteiger partial charge in [0.2, 0.25) is 5.91 Å². The van der Waals surface area contributed by atoms with Gasteiger partial charge in [-0.3, -0.25) is 9.79 Å². The number of nitrogens with zero attached hydrogens (tertiary/aromatic N) is 2. The minimum atomic E-state index is 0.244. The van der Waals surface area contributed by atoms with Crippen molar-refractivity contribution in [1.82, 2.24) is 15.5 Å². The van der Waals surface area contributed by atoms with Gasteiger partial charge in [-0.25, -0.2) is 0 Å². The molecular weight excluding hydrogens is 392 g/mol. The molecule has 0 spiro atoms. The number of rotatable bonds is 9. The second kappa shape index (κ2) is 12.5. The Morgan fingerprint density at radius 3 is 2.81 bits per heavy atom. The summed E-state index contributed by atoms with van der Waals surface area (Å²) < 4.78 is 10.8. The zero-order valence-electron chi connectivity index (χ0n) is 19.1. The van der Waals surface area contributed by atoms with E-state index in [-0.39, 0.29) is 12.0 Å². The first kappa shape index (κ1) is 23.4. The molecule has 1 saturated carbocycles. The molecule has 1 aromatic carbocycles. The van der Waals surface area contributed by atoms with E-state index in [9.17, 15) is 4.79 Å². The number of guanidine groups is 1. The topological polar surface area (TPSA) is 75.2 Å². The first-order chi connectivity index (χ1) is 15.2. The summed E-state index contributed by atoms with van der Waals surface area (Å²) in [5.41, 5.74) is 1.13. The molecule has 0 bridgehead atoms. The summed E-state index contributed by atoms with van der Waals surface area (Å²) in [6.07, 6.45) is 7.63. The molecule has 1 amide bonds. The van der Waals surface area contributed by atoms with Crippen LogP contribution in [-0.2, 0) is 16.1 Å². The quantitative estimate of drug-likeness (QED) is 0.358. The van der Waals surface area contributed by atoms with Gasteiger partial charge in [0.1, 0.15) is 5.75 Å². The molecule has 2 fully saturated rings. The maximum absolute atomic E-state index is 12.8. The Bertz CT molecular complexity index is 719. The molecule has 7 nitrogen and oxygen atoms in total. The molecule has 0 aromatic heterocycles. The number of methoxy groups -OCH3 is 1. The van der Waals surface area contributed by atoms with Gasteiger partial charge in [0, 0.05) is 58.8 Å². The van der Waals surface area contributed by atoms with Crippen LogP contribution in [0.4, 0.5) is 0 Å². The van der Waals surface area contributed by atoms with Crippen LogP contribution in [-0.4, -0.2) is 63.3 Å². The molecule has 3 rings (SSSR count). The lowest BCUT2D eigenvalue weighted by Crippen LogP contribution is -2.45. The third kappa shape index (κ3) is 7.42. The average molecular weight is 431 g/mol. The Kier molecular flexibility index (Phi) is 9.46. The third-order valence-electron chi connectivity index (χ3n) is 6.14. The van der Waals surface area contributed by atoms with Crippen molar-refractivity contribution in [3.05, 3.63) is 29.8 Å². The molecule has 1 aliphatic carbocycles. The van der Waals surface area contributed by atoms with Crippen LogP contribution in [0.2, 0.25) is 0 Å². The lowest BCUT2D eigenvalue weighted by molar-refractivity contribution is -0.135. The fourth-order valence-corrected chi connectivity index (χ4v) is 4.40. The monoisotopic (exact) mass is 430 g/mol. The van der Waals surface area contributed by atoms with Crippen LogP contribution >= 0.6 is 0 Å². The molecule has 1 heterocycles. The van der Waals surface area contributed by atoms with Crippen molar-refractivity contribution in [2.24, 2.45) is 10.9 Å². The summed E-state index contributed by atoms with van der Waals surface area (Å²) >= 11 is 0. The van der Waals surface area contributed by atoms with Gasteiger partial charge in [-0.15, -0.1) is 0 Å². The van der Waals surface area contributed by atoms with Crippen LogP contribution < -0.4 is 15.4 Å². The number of likely N-dealkylation sites (tertiary alicyclic amines) is 1. The maximum Gasteiger partial charge on any atom is 0.225 e. The number of ether oxygens (including phenoxy) is 2. The summed E-state index contributed by atoms with van der Waals surface area (Å²) in [6, 6.07) is 8.34. The van der Waals surface area contributed by atoms with Crippen LogP contribution in [0.25, 0.3) is 0 Å². The van der Waals surface area contributed by atoms with E-state index in [1.165, 1.54) is 19.3 Å². The van der Waals surface area contributed by atoms with E-state index in [1.807, 2.05) is 23.1 Å². The van der Waals surface area contributed by atoms with Gasteiger partial charge in [-0.1, -0.05) is 31.4 Å². The number of aliphatic imine (C=N–C) groups is 1. The highest BCUT2D eigenvalue weighted by molar-refractivity contribution is 5.81. The van der Waals surface area contributed by atoms with Gasteiger partial charge >= 0.3 is 0 Å². The number of hydrogen-bond acceptors (Lipinski definition) is 4. The van der Waals surface area contributed by atoms with E-state index < -0.39 is 0 Å². The van der Waals surface area contributed by atoms with Crippen molar-refractivity contribution < 1.29 is 14.3 Å². The lowest BCUT2D eigenvalue weighted by atomic mass is 9.88. The van der Waals surface area contributed by atoms with Gasteiger partial charge in [0.05, 0.1) is 6.61 Å². The van der Waals surface area contributed by atoms with E-state index in [4.69, 9.17) is 9.47 Å². The van der Waals surface area contributed by atoms with Crippen molar-refractivity contribution in [1.29, 1.82) is 0 Å². The smallest absolute Gasteiger partial charge is 0.225 e. The third-order valence-corrected chi connectivity index (χ3v) is 6.14. The number of hydrogen-bond donors (Lipinski definition) is 2. The molecule has 1 aliphatic heterocycles. The van der Waals surface area contributed by atoms with Crippen molar-refractivity contribution in [3.63, 3.8) is 0 Å². The summed E-state index contributed by atoms with van der Waals surface area (Å²) in [4.78, 5) is 19.2. The Balaban J connectivity index is 1.42. The maximum atomic E-state index is 12.8. The van der Waals surface area contributed by atoms with Crippen LogP contribution in [0, 0.1) is 5.92 Å². The molecule has 1 saturated heterocycles. The molecule has 172 valence electrons. The molecular formula is C24H38N4O3. The molecule has 1 aromatic rings. The predicted molar refractivity (Wildman–Crippen MR) is 123 cm³/mol. The predicted octanol–water partition coefficient (Wildman–Crippen LogP) is 2.95. The van der Waals surface area contributed by atoms with Gasteiger partial charge in [-0.2, -0.15) is 0 Å². The van der Waals surface area contributed by atoms with Gasteiger partial charge in [-0.05, 0) is 37.0 Å². The zero-order valence-corrected chi connectivity index (χ0v) is 19.1. The number of amides is 1. The Labute approximate surface area is 186 Å². The summed E-state index contributed by atoms with van der Waals surface area (Å²) in [5, 5.41) is 6.87. The normalized spacial score (nSPS) is 20.0. The van der Waals surface area contributed by atoms with E-state index >= 15 is 0 Å². The fraction of sp³-hybridized carbons (Fsp3) is 0.667. The number of carbonyl (C=O) groups is 1. The Morgan fingerprint density at radius 1 is 1.19 bits per heavy atom. The minimum absolute atomic E-state index is 0.244. The second-order valence-corrected chi connectivity index (χ2v) is 8.52. The minimum Gasteiger partial charge on any atom is -0.493 e. The summed E-state index contributed by atoms with van der Waals surface area (Å²) in [7, 11) is 3.48. The van der Waals surface area contributed by atoms with E-state index in [0.29, 0.717) is 25.7 Å². The number of nitrogens with one attached hydrogen (secondary N) is 2. The van der Waals surface area contributed by atoms with Crippen molar-refractivity contribution >= 4 is 11.9 Å². The summed E-state index contributed by atoms with van der Waals surface area (Å²) in [5.74, 6) is 2.23. The molecule has 2 N–H and O–H groups in total. The fourth-order valence-electron chi connectivity index (χ4n) is 4.40. The van der Waals surface area contributed by atoms with Crippen LogP contribution in [0.3, 0.4) is 0 Å². The molecule has 1 atom stereocenters. The van der Waals surface area contributed by atoms with Gasteiger partial charge in [0.25, 0.3) is 0 Å².